The van der Waals surface area contributed by atoms with Gasteiger partial charge in [0, 0.05) is 19.5 Å². The van der Waals surface area contributed by atoms with Crippen molar-refractivity contribution in [3.8, 4) is 5.75 Å². The summed E-state index contributed by atoms with van der Waals surface area (Å²) in [5, 5.41) is 12.2. The lowest BCUT2D eigenvalue weighted by Gasteiger charge is -2.24. The molecule has 2 unspecified atom stereocenters. The molecule has 0 saturated carbocycles. The lowest BCUT2D eigenvalue weighted by Crippen LogP contribution is -2.43. The Morgan fingerprint density at radius 1 is 1.26 bits per heavy atom. The van der Waals surface area contributed by atoms with Crippen molar-refractivity contribution in [1.29, 1.82) is 0 Å². The third-order valence-electron chi connectivity index (χ3n) is 5.20. The summed E-state index contributed by atoms with van der Waals surface area (Å²) in [5.41, 5.74) is 0. The maximum absolute atomic E-state index is 13.9. The van der Waals surface area contributed by atoms with Crippen LogP contribution in [0.4, 0.5) is 10.3 Å². The van der Waals surface area contributed by atoms with Gasteiger partial charge in [-0.3, -0.25) is 4.79 Å². The quantitative estimate of drug-likeness (QED) is 0.574. The molecule has 0 N–H and O–H groups in total. The normalized spacial score (nSPS) is 21.2. The maximum atomic E-state index is 13.9. The van der Waals surface area contributed by atoms with Crippen LogP contribution in [0.2, 0.25) is 0 Å². The van der Waals surface area contributed by atoms with Gasteiger partial charge in [0.2, 0.25) is 5.91 Å². The number of benzene rings is 1. The molecule has 12 heteroatoms. The molecule has 2 aliphatic heterocycles. The van der Waals surface area contributed by atoms with Gasteiger partial charge in [-0.1, -0.05) is 17.2 Å². The summed E-state index contributed by atoms with van der Waals surface area (Å²) in [7, 11) is 1.25. The molecule has 2 saturated heterocycles. The summed E-state index contributed by atoms with van der Waals surface area (Å²) < 4.78 is 29.8. The van der Waals surface area contributed by atoms with Crippen LogP contribution in [0.5, 0.6) is 5.75 Å². The third-order valence-corrected chi connectivity index (χ3v) is 5.20. The number of ether oxygens (including phenoxy) is 3. The van der Waals surface area contributed by atoms with Gasteiger partial charge in [0.1, 0.15) is 18.7 Å². The molecule has 1 aromatic carbocycles. The number of methoxy groups -OCH3 is 1. The van der Waals surface area contributed by atoms with E-state index in [-0.39, 0.29) is 31.2 Å². The van der Waals surface area contributed by atoms with Crippen LogP contribution < -0.4 is 9.64 Å². The fourth-order valence-electron chi connectivity index (χ4n) is 3.64. The number of rotatable bonds is 6. The summed E-state index contributed by atoms with van der Waals surface area (Å²) in [6.45, 7) is 2.35. The largest absolute Gasteiger partial charge is 0.485 e. The summed E-state index contributed by atoms with van der Waals surface area (Å²) in [6, 6.07) is 5.15. The van der Waals surface area contributed by atoms with E-state index in [1.54, 1.807) is 12.1 Å². The molecule has 0 aliphatic carbocycles. The predicted octanol–water partition coefficient (Wildman–Crippen LogP) is -0.130. The zero-order valence-corrected chi connectivity index (χ0v) is 17.0. The van der Waals surface area contributed by atoms with Crippen molar-refractivity contribution in [2.45, 2.75) is 25.1 Å². The Morgan fingerprint density at radius 2 is 2.03 bits per heavy atom. The number of hydrogen-bond acceptors (Lipinski definition) is 9. The highest BCUT2D eigenvalue weighted by molar-refractivity contribution is 5.85. The van der Waals surface area contributed by atoms with E-state index < -0.39 is 23.9 Å². The number of likely N-dealkylation sites (tertiary alicyclic amines) is 1. The summed E-state index contributed by atoms with van der Waals surface area (Å²) in [4.78, 5) is 29.6. The van der Waals surface area contributed by atoms with Gasteiger partial charge in [0.25, 0.3) is 5.95 Å². The van der Waals surface area contributed by atoms with Crippen LogP contribution in [-0.2, 0) is 25.6 Å². The Hall–Kier alpha value is -3.28. The molecule has 2 fully saturated rings. The molecule has 2 aliphatic rings. The summed E-state index contributed by atoms with van der Waals surface area (Å²) >= 11 is 0. The smallest absolute Gasteiger partial charge is 0.328 e. The van der Waals surface area contributed by atoms with Crippen molar-refractivity contribution < 1.29 is 28.2 Å². The Bertz CT molecular complexity index is 934. The number of anilines is 1. The molecule has 1 aromatic heterocycles. The number of aromatic nitrogens is 4. The fraction of sp³-hybridized carbons (Fsp3) is 0.526. The SMILES string of the molecule is COC(=O)C1CC(Oc2ccccc2F)CN1C(=O)Cn1nnc(N2CCOCC2)n1. The fourth-order valence-corrected chi connectivity index (χ4v) is 3.64. The molecular formula is C19H23FN6O5. The van der Waals surface area contributed by atoms with Crippen LogP contribution in [-0.4, -0.2) is 89.1 Å². The standard InChI is InChI=1S/C19H23FN6O5/c1-29-18(28)15-10-13(31-16-5-3-2-4-14(16)20)11-25(15)17(27)12-26-22-19(21-23-26)24-6-8-30-9-7-24/h2-5,13,15H,6-12H2,1H3. The first-order chi connectivity index (χ1) is 15.0. The minimum Gasteiger partial charge on any atom is -0.485 e. The molecule has 0 spiro atoms. The number of carbonyl (C=O) groups is 2. The summed E-state index contributed by atoms with van der Waals surface area (Å²) in [6.07, 6.45) is -0.367. The molecular weight excluding hydrogens is 411 g/mol. The number of carbonyl (C=O) groups excluding carboxylic acids is 2. The summed E-state index contributed by atoms with van der Waals surface area (Å²) in [5.74, 6) is -0.972. The van der Waals surface area contributed by atoms with Crippen molar-refractivity contribution >= 4 is 17.8 Å². The molecule has 2 aromatic rings. The lowest BCUT2D eigenvalue weighted by molar-refractivity contribution is -0.151. The van der Waals surface area contributed by atoms with Crippen LogP contribution >= 0.6 is 0 Å². The predicted molar refractivity (Wildman–Crippen MR) is 104 cm³/mol. The first-order valence-corrected chi connectivity index (χ1v) is 9.94. The van der Waals surface area contributed by atoms with E-state index in [0.29, 0.717) is 32.3 Å². The van der Waals surface area contributed by atoms with Crippen LogP contribution in [0.1, 0.15) is 6.42 Å². The van der Waals surface area contributed by atoms with Crippen LogP contribution in [0.25, 0.3) is 0 Å². The van der Waals surface area contributed by atoms with E-state index in [4.69, 9.17) is 14.2 Å². The average molecular weight is 434 g/mol. The van der Waals surface area contributed by atoms with Gasteiger partial charge in [-0.15, -0.1) is 5.10 Å². The number of esters is 1. The van der Waals surface area contributed by atoms with Crippen molar-refractivity contribution in [1.82, 2.24) is 25.1 Å². The van der Waals surface area contributed by atoms with Gasteiger partial charge in [0.15, 0.2) is 11.6 Å². The highest BCUT2D eigenvalue weighted by atomic mass is 19.1. The monoisotopic (exact) mass is 434 g/mol. The molecule has 0 bridgehead atoms. The topological polar surface area (TPSA) is 112 Å². The lowest BCUT2D eigenvalue weighted by atomic mass is 10.2. The number of hydrogen-bond donors (Lipinski definition) is 0. The van der Waals surface area contributed by atoms with Crippen LogP contribution in [0.15, 0.2) is 24.3 Å². The minimum atomic E-state index is -0.837. The van der Waals surface area contributed by atoms with Gasteiger partial charge >= 0.3 is 5.97 Å². The Kier molecular flexibility index (Phi) is 6.26. The van der Waals surface area contributed by atoms with E-state index in [1.165, 1.54) is 28.9 Å². The van der Waals surface area contributed by atoms with Crippen LogP contribution in [0, 0.1) is 5.82 Å². The van der Waals surface area contributed by atoms with Crippen molar-refractivity contribution in [3.05, 3.63) is 30.1 Å². The molecule has 3 heterocycles. The number of morpholine rings is 1. The first-order valence-electron chi connectivity index (χ1n) is 9.94. The number of para-hydroxylation sites is 1. The molecule has 1 amide bonds. The van der Waals surface area contributed by atoms with E-state index in [2.05, 4.69) is 15.4 Å². The van der Waals surface area contributed by atoms with Crippen molar-refractivity contribution in [2.24, 2.45) is 0 Å². The van der Waals surface area contributed by atoms with E-state index in [9.17, 15) is 14.0 Å². The number of amides is 1. The van der Waals surface area contributed by atoms with Gasteiger partial charge in [-0.25, -0.2) is 9.18 Å². The van der Waals surface area contributed by atoms with Gasteiger partial charge in [0.05, 0.1) is 26.9 Å². The van der Waals surface area contributed by atoms with Crippen molar-refractivity contribution in [3.63, 3.8) is 0 Å². The number of tetrazole rings is 1. The highest BCUT2D eigenvalue weighted by Gasteiger charge is 2.41. The third kappa shape index (κ3) is 4.74. The van der Waals surface area contributed by atoms with Crippen LogP contribution in [0.3, 0.4) is 0 Å². The first kappa shape index (κ1) is 21.0. The Morgan fingerprint density at radius 3 is 2.77 bits per heavy atom. The molecule has 4 rings (SSSR count). The Labute approximate surface area is 177 Å². The molecule has 0 radical (unpaired) electrons. The zero-order chi connectivity index (χ0) is 21.8. The van der Waals surface area contributed by atoms with E-state index >= 15 is 0 Å². The van der Waals surface area contributed by atoms with E-state index in [1.807, 2.05) is 4.90 Å². The minimum absolute atomic E-state index is 0.0681. The molecule has 166 valence electrons. The highest BCUT2D eigenvalue weighted by Crippen LogP contribution is 2.26. The zero-order valence-electron chi connectivity index (χ0n) is 17.0. The average Bonchev–Trinajstić information content (AvgIpc) is 3.43. The second-order valence-electron chi connectivity index (χ2n) is 7.21. The van der Waals surface area contributed by atoms with Gasteiger partial charge in [-0.05, 0) is 17.3 Å². The molecule has 11 nitrogen and oxygen atoms in total. The molecule has 31 heavy (non-hydrogen) atoms. The van der Waals surface area contributed by atoms with Gasteiger partial charge < -0.3 is 24.0 Å². The van der Waals surface area contributed by atoms with E-state index in [0.717, 1.165) is 0 Å². The number of nitrogens with zero attached hydrogens (tertiary/aromatic N) is 6. The van der Waals surface area contributed by atoms with Crippen molar-refractivity contribution in [2.75, 3.05) is 44.9 Å². The van der Waals surface area contributed by atoms with Gasteiger partial charge in [-0.2, -0.15) is 4.80 Å². The second-order valence-corrected chi connectivity index (χ2v) is 7.21. The maximum Gasteiger partial charge on any atom is 0.328 e. The Balaban J connectivity index is 1.43. The number of halogens is 1. The second kappa shape index (κ2) is 9.25. The molecule has 2 atom stereocenters.